The zero-order chi connectivity index (χ0) is 32.5. The number of carboxylic acid groups (broad SMARTS) is 1. The SMILES string of the molecule is CC1(C)CCCC(C)(c2cccc(CCC(=O)O)c2)c2cnc([nH]2)-c2cc(ccc2F)Oc2c(F)cc3[nH]ccc3c2CSCC1. The van der Waals surface area contributed by atoms with Crippen molar-refractivity contribution in [1.29, 1.82) is 0 Å². The van der Waals surface area contributed by atoms with Crippen molar-refractivity contribution in [3.63, 3.8) is 0 Å². The van der Waals surface area contributed by atoms with Crippen molar-refractivity contribution in [2.45, 2.75) is 70.5 Å². The highest BCUT2D eigenvalue weighted by Gasteiger charge is 2.33. The number of aryl methyl sites for hydroxylation is 1. The average Bonchev–Trinajstić information content (AvgIpc) is 3.70. The van der Waals surface area contributed by atoms with E-state index in [9.17, 15) is 9.90 Å². The summed E-state index contributed by atoms with van der Waals surface area (Å²) >= 11 is 1.76. The number of thioether (sulfide) groups is 1. The van der Waals surface area contributed by atoms with Gasteiger partial charge in [0.05, 0.1) is 5.56 Å². The number of H-pyrrole nitrogens is 2. The Hall–Kier alpha value is -4.11. The molecule has 46 heavy (non-hydrogen) atoms. The Bertz CT molecular complexity index is 1880. The standard InChI is InChI=1S/C37H39F2N3O3S/c1-36(2)13-5-14-37(3,24-7-4-6-23(18-24)8-11-33(43)44)32-21-41-35(42-32)27-19-25(9-10-29(27)38)45-34-28(22-46-17-15-36)26-12-16-40-31(26)20-30(34)39/h4,6-7,9-10,12,16,18-21,40H,5,8,11,13-15,17,22H2,1-3H3,(H,41,42)(H,43,44). The summed E-state index contributed by atoms with van der Waals surface area (Å²) in [7, 11) is 0. The largest absolute Gasteiger partial charge is 0.481 e. The first-order chi connectivity index (χ1) is 22.0. The summed E-state index contributed by atoms with van der Waals surface area (Å²) in [5.74, 6) is 0.505. The summed E-state index contributed by atoms with van der Waals surface area (Å²) < 4.78 is 37.1. The molecule has 0 fully saturated rings. The first kappa shape index (κ1) is 31.9. The van der Waals surface area contributed by atoms with Gasteiger partial charge in [0.1, 0.15) is 17.4 Å². The fourth-order valence-electron chi connectivity index (χ4n) is 6.41. The molecule has 3 heterocycles. The van der Waals surface area contributed by atoms with Gasteiger partial charge in [-0.1, -0.05) is 44.5 Å². The first-order valence-electron chi connectivity index (χ1n) is 15.7. The van der Waals surface area contributed by atoms with Crippen molar-refractivity contribution in [2.24, 2.45) is 5.41 Å². The lowest BCUT2D eigenvalue weighted by molar-refractivity contribution is -0.136. The number of aromatic nitrogens is 3. The molecule has 9 heteroatoms. The van der Waals surface area contributed by atoms with E-state index in [0.717, 1.165) is 59.2 Å². The molecule has 1 aliphatic rings. The van der Waals surface area contributed by atoms with Gasteiger partial charge >= 0.3 is 5.97 Å². The maximum Gasteiger partial charge on any atom is 0.303 e. The number of halogens is 2. The number of hydrogen-bond acceptors (Lipinski definition) is 4. The van der Waals surface area contributed by atoms with Crippen molar-refractivity contribution in [3.05, 3.63) is 101 Å². The fraction of sp³-hybridized carbons (Fsp3) is 0.351. The van der Waals surface area contributed by atoms with Gasteiger partial charge in [0, 0.05) is 58.2 Å². The minimum Gasteiger partial charge on any atom is -0.481 e. The second-order valence-corrected chi connectivity index (χ2v) is 14.3. The smallest absolute Gasteiger partial charge is 0.303 e. The highest BCUT2D eigenvalue weighted by Crippen LogP contribution is 2.42. The number of fused-ring (bicyclic) bond motifs is 8. The van der Waals surface area contributed by atoms with Crippen LogP contribution in [0.1, 0.15) is 75.3 Å². The number of imidazole rings is 1. The molecule has 2 aromatic heterocycles. The van der Waals surface area contributed by atoms with E-state index >= 15 is 8.78 Å². The quantitative estimate of drug-likeness (QED) is 0.181. The number of hydrogen-bond donors (Lipinski definition) is 3. The van der Waals surface area contributed by atoms with Crippen LogP contribution in [0.3, 0.4) is 0 Å². The molecule has 0 saturated heterocycles. The lowest BCUT2D eigenvalue weighted by atomic mass is 9.73. The van der Waals surface area contributed by atoms with Crippen LogP contribution >= 0.6 is 11.8 Å². The molecule has 1 atom stereocenters. The minimum absolute atomic E-state index is 0.0582. The van der Waals surface area contributed by atoms with Crippen LogP contribution in [-0.4, -0.2) is 31.8 Å². The maximum atomic E-state index is 15.5. The number of nitrogens with one attached hydrogen (secondary N) is 2. The monoisotopic (exact) mass is 643 g/mol. The Balaban J connectivity index is 1.43. The van der Waals surface area contributed by atoms with E-state index in [2.05, 4.69) is 47.9 Å². The molecule has 5 aromatic rings. The number of aromatic amines is 2. The molecule has 0 spiro atoms. The lowest BCUT2D eigenvalue weighted by Crippen LogP contribution is -2.25. The van der Waals surface area contributed by atoms with Crippen LogP contribution < -0.4 is 4.74 Å². The normalized spacial score (nSPS) is 18.7. The molecule has 4 bridgehead atoms. The van der Waals surface area contributed by atoms with E-state index in [1.165, 1.54) is 18.2 Å². The molecule has 240 valence electrons. The van der Waals surface area contributed by atoms with Crippen LogP contribution in [0.5, 0.6) is 11.5 Å². The van der Waals surface area contributed by atoms with Gasteiger partial charge in [0.15, 0.2) is 11.6 Å². The molecule has 0 radical (unpaired) electrons. The van der Waals surface area contributed by atoms with Crippen LogP contribution in [0.15, 0.2) is 67.0 Å². The van der Waals surface area contributed by atoms with Gasteiger partial charge in [-0.2, -0.15) is 11.8 Å². The van der Waals surface area contributed by atoms with Crippen LogP contribution in [-0.2, 0) is 22.4 Å². The Morgan fingerprint density at radius 3 is 2.72 bits per heavy atom. The highest BCUT2D eigenvalue weighted by molar-refractivity contribution is 7.98. The lowest BCUT2D eigenvalue weighted by Gasteiger charge is -2.32. The van der Waals surface area contributed by atoms with Crippen LogP contribution in [0, 0.1) is 17.0 Å². The number of nitrogens with zero attached hydrogens (tertiary/aromatic N) is 1. The zero-order valence-electron chi connectivity index (χ0n) is 26.4. The number of rotatable bonds is 4. The van der Waals surface area contributed by atoms with E-state index in [1.807, 2.05) is 18.2 Å². The highest BCUT2D eigenvalue weighted by atomic mass is 32.2. The third-order valence-electron chi connectivity index (χ3n) is 9.34. The number of carboxylic acids is 1. The van der Waals surface area contributed by atoms with E-state index < -0.39 is 23.0 Å². The predicted octanol–water partition coefficient (Wildman–Crippen LogP) is 9.79. The number of benzene rings is 3. The van der Waals surface area contributed by atoms with Crippen LogP contribution in [0.25, 0.3) is 22.3 Å². The molecule has 1 aliphatic heterocycles. The molecule has 3 N–H and O–H groups in total. The second kappa shape index (κ2) is 12.9. The van der Waals surface area contributed by atoms with Crippen molar-refractivity contribution in [2.75, 3.05) is 5.75 Å². The first-order valence-corrected chi connectivity index (χ1v) is 16.9. The Kier molecular flexibility index (Phi) is 8.97. The third-order valence-corrected chi connectivity index (χ3v) is 10.3. The van der Waals surface area contributed by atoms with Crippen molar-refractivity contribution < 1.29 is 23.4 Å². The molecule has 0 aliphatic carbocycles. The van der Waals surface area contributed by atoms with Crippen molar-refractivity contribution in [3.8, 4) is 22.9 Å². The molecular weight excluding hydrogens is 604 g/mol. The van der Waals surface area contributed by atoms with E-state index in [0.29, 0.717) is 29.3 Å². The molecule has 1 unspecified atom stereocenters. The summed E-state index contributed by atoms with van der Waals surface area (Å²) in [6.07, 6.45) is 7.81. The Morgan fingerprint density at radius 1 is 1.04 bits per heavy atom. The zero-order valence-corrected chi connectivity index (χ0v) is 27.2. The summed E-state index contributed by atoms with van der Waals surface area (Å²) in [5.41, 5.74) is 4.13. The molecular formula is C37H39F2N3O3S. The van der Waals surface area contributed by atoms with Crippen LogP contribution in [0.4, 0.5) is 8.78 Å². The van der Waals surface area contributed by atoms with E-state index in [4.69, 9.17) is 4.74 Å². The van der Waals surface area contributed by atoms with Gasteiger partial charge < -0.3 is 19.8 Å². The fourth-order valence-corrected chi connectivity index (χ4v) is 7.74. The van der Waals surface area contributed by atoms with Crippen molar-refractivity contribution >= 4 is 28.6 Å². The molecule has 0 amide bonds. The second-order valence-electron chi connectivity index (χ2n) is 13.2. The van der Waals surface area contributed by atoms with Gasteiger partial charge in [-0.3, -0.25) is 4.79 Å². The number of carbonyl (C=O) groups is 1. The summed E-state index contributed by atoms with van der Waals surface area (Å²) in [6, 6.07) is 15.8. The summed E-state index contributed by atoms with van der Waals surface area (Å²) in [4.78, 5) is 22.4. The van der Waals surface area contributed by atoms with Gasteiger partial charge in [-0.15, -0.1) is 0 Å². The molecule has 6 nitrogen and oxygen atoms in total. The van der Waals surface area contributed by atoms with Crippen LogP contribution in [0.2, 0.25) is 0 Å². The van der Waals surface area contributed by atoms with E-state index in [1.54, 1.807) is 30.2 Å². The van der Waals surface area contributed by atoms with Gasteiger partial charge in [-0.25, -0.2) is 13.8 Å². The summed E-state index contributed by atoms with van der Waals surface area (Å²) in [5, 5.41) is 10.2. The average molecular weight is 644 g/mol. The Morgan fingerprint density at radius 2 is 1.89 bits per heavy atom. The molecule has 0 saturated carbocycles. The number of aliphatic carboxylic acids is 1. The topological polar surface area (TPSA) is 91.0 Å². The predicted molar refractivity (Wildman–Crippen MR) is 180 cm³/mol. The molecule has 6 rings (SSSR count). The van der Waals surface area contributed by atoms with E-state index in [-0.39, 0.29) is 23.1 Å². The third kappa shape index (κ3) is 6.70. The van der Waals surface area contributed by atoms with Gasteiger partial charge in [0.25, 0.3) is 0 Å². The van der Waals surface area contributed by atoms with Gasteiger partial charge in [0.2, 0.25) is 0 Å². The van der Waals surface area contributed by atoms with Gasteiger partial charge in [-0.05, 0) is 79.2 Å². The Labute approximate surface area is 272 Å². The van der Waals surface area contributed by atoms with Crippen molar-refractivity contribution in [1.82, 2.24) is 15.0 Å². The molecule has 3 aromatic carbocycles. The number of ether oxygens (including phenoxy) is 1. The maximum absolute atomic E-state index is 15.5. The summed E-state index contributed by atoms with van der Waals surface area (Å²) in [6.45, 7) is 6.75. The minimum atomic E-state index is -0.830.